The van der Waals surface area contributed by atoms with Crippen LogP contribution in [0.2, 0.25) is 5.02 Å². The lowest BCUT2D eigenvalue weighted by molar-refractivity contribution is -0.384. The van der Waals surface area contributed by atoms with Crippen LogP contribution in [0.4, 0.5) is 51.3 Å². The number of carbonyl (C=O) groups excluding carboxylic acids is 1. The van der Waals surface area contributed by atoms with Crippen LogP contribution in [-0.4, -0.2) is 167 Å². The third-order valence-electron chi connectivity index (χ3n) is 20.9. The summed E-state index contributed by atoms with van der Waals surface area (Å²) < 4.78 is 0. The SMILES string of the molecule is C.C.C.C.C.CN(C)c1ccc(-c2n[nH]c(=O)c3ccccc23)cc1N.CN(C)c1ccc(-c2n[nH]c(=O)c3ccccc23)cc1[N+](=O)[O-].O=C1CN=C(N2CCN(c3ccc(Cl)cc3)CC2)c2ccccc21.O=c1[nH]nc(-c2ccc(N3CCCCC3)c([N+](=O)[O-])c2)c2ccccc12.O=c1[nH]nc(N2CCN(c3ccccc3)CC2)c2ccccc12. The number of carbonyl (C=O) groups is 1. The van der Waals surface area contributed by atoms with E-state index in [2.05, 4.69) is 107 Å². The van der Waals surface area contributed by atoms with Gasteiger partial charge in [0.25, 0.3) is 33.6 Å². The molecule has 0 radical (unpaired) electrons. The fraction of sp³-hybridized carbons (Fsp3) is 0.247. The molecule has 632 valence electrons. The molecule has 0 saturated carbocycles. The number of aliphatic imine (C=N–C) groups is 1. The number of hydrogen-bond donors (Lipinski definition) is 5. The molecule has 29 heteroatoms. The Kier molecular flexibility index (Phi) is 31.0. The topological polar surface area (TPSA) is 347 Å². The van der Waals surface area contributed by atoms with E-state index < -0.39 is 4.92 Å². The molecule has 0 aliphatic carbocycles. The zero-order valence-electron chi connectivity index (χ0n) is 64.7. The van der Waals surface area contributed by atoms with Crippen molar-refractivity contribution in [2.45, 2.75) is 56.4 Å². The maximum atomic E-state index is 12.0. The number of ketones is 1. The molecule has 0 spiro atoms. The number of H-pyrrole nitrogens is 4. The second kappa shape index (κ2) is 41.3. The summed E-state index contributed by atoms with van der Waals surface area (Å²) in [5.74, 6) is 1.93. The number of halogens is 1. The van der Waals surface area contributed by atoms with Crippen molar-refractivity contribution in [3.8, 4) is 33.8 Å². The lowest BCUT2D eigenvalue weighted by Crippen LogP contribution is -2.50. The third-order valence-corrected chi connectivity index (χ3v) is 21.2. The van der Waals surface area contributed by atoms with Crippen LogP contribution >= 0.6 is 11.6 Å². The normalized spacial score (nSPS) is 13.3. The summed E-state index contributed by atoms with van der Waals surface area (Å²) in [7, 11) is 7.38. The molecule has 0 unspecified atom stereocenters. The maximum Gasteiger partial charge on any atom is 0.293 e. The minimum absolute atomic E-state index is 0. The second-order valence-corrected chi connectivity index (χ2v) is 29.1. The number of nitro benzene ring substituents is 2. The van der Waals surface area contributed by atoms with Gasteiger partial charge in [0.05, 0.1) is 59.8 Å². The van der Waals surface area contributed by atoms with E-state index in [1.165, 1.54) is 17.4 Å². The van der Waals surface area contributed by atoms with Gasteiger partial charge in [-0.2, -0.15) is 20.4 Å². The first-order chi connectivity index (χ1) is 56.8. The van der Waals surface area contributed by atoms with Gasteiger partial charge >= 0.3 is 0 Å². The molecular formula is C93H104ClN19O9. The Hall–Kier alpha value is -14.4. The number of anilines is 7. The largest absolute Gasteiger partial charge is 0.397 e. The molecule has 28 nitrogen and oxygen atoms in total. The number of rotatable bonds is 11. The Bertz CT molecular complexity index is 6300. The standard InChI is InChI=1S/C19H18ClN3O.C19H18N4O3.C18H18N4O.C16H14N4O3.C16H16N4O.5CH4/c20-14-5-7-15(8-6-14)22-9-11-23(12-10-22)19-17-4-2-1-3-16(17)18(24)13-21-19;24-19-15-7-3-2-6-14(15)18(20-21-19)13-8-9-16(17(12-13)23(25)26)22-10-4-1-5-11-22;23-18-16-9-5-4-8-15(16)17(19-20-18)22-12-10-21(11-13-22)14-6-2-1-3-7-14;1-19(2)13-8-7-10(9-14(13)20(22)23)15-11-5-3-4-6-12(11)16(21)18-17-15;1-20(2)14-8-7-10(9-13(14)17)15-11-5-3-4-6-12(11)16(21)19-18-15;;;;;/h1-8H,9-13H2;2-3,6-9,12H,1,4-5,10-11H2,(H,21,24);1-9H,10-13H2,(H,20,23);3-9H,1-2H3,(H,18,21);3-9H,17H2,1-2H3,(H,19,21);5*1H4. The number of piperazine rings is 2. The number of amidine groups is 1. The van der Waals surface area contributed by atoms with Crippen LogP contribution in [0.15, 0.2) is 255 Å². The Morgan fingerprint density at radius 2 is 0.754 bits per heavy atom. The number of nitrogens with zero attached hydrogens (tertiary/aromatic N) is 14. The molecule has 14 aromatic rings. The van der Waals surface area contributed by atoms with Crippen LogP contribution in [-0.2, 0) is 0 Å². The Morgan fingerprint density at radius 1 is 0.377 bits per heavy atom. The average molecular weight is 1670 g/mol. The lowest BCUT2D eigenvalue weighted by Gasteiger charge is -2.38. The molecule has 4 aliphatic rings. The van der Waals surface area contributed by atoms with E-state index in [4.69, 9.17) is 17.3 Å². The van der Waals surface area contributed by atoms with Gasteiger partial charge in [0, 0.05) is 172 Å². The molecule has 8 heterocycles. The Balaban J connectivity index is 0.000000172. The fourth-order valence-corrected chi connectivity index (χ4v) is 15.1. The summed E-state index contributed by atoms with van der Waals surface area (Å²) in [6, 6.07) is 71.3. The van der Waals surface area contributed by atoms with Crippen molar-refractivity contribution < 1.29 is 14.6 Å². The van der Waals surface area contributed by atoms with Crippen LogP contribution in [0.1, 0.15) is 72.3 Å². The van der Waals surface area contributed by atoms with Crippen LogP contribution in [0.3, 0.4) is 0 Å². The van der Waals surface area contributed by atoms with Crippen LogP contribution in [0, 0.1) is 20.2 Å². The smallest absolute Gasteiger partial charge is 0.293 e. The number of fused-ring (bicyclic) bond motifs is 5. The highest BCUT2D eigenvalue weighted by atomic mass is 35.5. The zero-order valence-corrected chi connectivity index (χ0v) is 65.5. The molecule has 122 heavy (non-hydrogen) atoms. The summed E-state index contributed by atoms with van der Waals surface area (Å²) >= 11 is 5.96. The second-order valence-electron chi connectivity index (χ2n) is 28.7. The first-order valence-electron chi connectivity index (χ1n) is 38.2. The molecular weight excluding hydrogens is 1560 g/mol. The van der Waals surface area contributed by atoms with E-state index in [0.717, 1.165) is 140 Å². The molecule has 0 amide bonds. The van der Waals surface area contributed by atoms with E-state index >= 15 is 0 Å². The van der Waals surface area contributed by atoms with Gasteiger partial charge in [0.2, 0.25) is 0 Å². The number of nitrogens with one attached hydrogen (secondary N) is 4. The number of Topliss-reactive ketones (excluding diaryl/α,β-unsaturated/α-hetero) is 1. The van der Waals surface area contributed by atoms with Crippen molar-refractivity contribution in [3.05, 3.63) is 308 Å². The zero-order chi connectivity index (χ0) is 81.8. The molecule has 3 saturated heterocycles. The molecule has 4 aliphatic heterocycles. The first kappa shape index (κ1) is 91.5. The number of nitrogens with two attached hydrogens (primary N) is 1. The van der Waals surface area contributed by atoms with Crippen LogP contribution in [0.5, 0.6) is 0 Å². The number of hydrogen-bond acceptors (Lipinski definition) is 22. The van der Waals surface area contributed by atoms with Gasteiger partial charge in [-0.1, -0.05) is 182 Å². The molecule has 18 rings (SSSR count). The van der Waals surface area contributed by atoms with Gasteiger partial charge in [-0.25, -0.2) is 20.4 Å². The molecule has 3 fully saturated rings. The summed E-state index contributed by atoms with van der Waals surface area (Å²) in [6.07, 6.45) is 3.26. The first-order valence-corrected chi connectivity index (χ1v) is 38.6. The van der Waals surface area contributed by atoms with Gasteiger partial charge in [0.15, 0.2) is 11.6 Å². The van der Waals surface area contributed by atoms with Gasteiger partial charge in [-0.3, -0.25) is 49.2 Å². The van der Waals surface area contributed by atoms with Crippen molar-refractivity contribution in [3.63, 3.8) is 0 Å². The number of nitro groups is 2. The fourth-order valence-electron chi connectivity index (χ4n) is 15.0. The highest BCUT2D eigenvalue weighted by Gasteiger charge is 2.29. The number of piperidine rings is 1. The van der Waals surface area contributed by atoms with Gasteiger partial charge in [-0.15, -0.1) is 0 Å². The highest BCUT2D eigenvalue weighted by Crippen LogP contribution is 2.38. The van der Waals surface area contributed by atoms with Gasteiger partial charge in [-0.05, 0) is 104 Å². The van der Waals surface area contributed by atoms with E-state index in [-0.39, 0.29) is 88.0 Å². The van der Waals surface area contributed by atoms with Crippen LogP contribution < -0.4 is 57.4 Å². The molecule has 4 aromatic heterocycles. The Morgan fingerprint density at radius 3 is 1.22 bits per heavy atom. The summed E-state index contributed by atoms with van der Waals surface area (Å²) in [5.41, 5.74) is 16.1. The van der Waals surface area contributed by atoms with E-state index in [1.54, 1.807) is 91.8 Å². The van der Waals surface area contributed by atoms with E-state index in [1.807, 2.05) is 134 Å². The van der Waals surface area contributed by atoms with Crippen molar-refractivity contribution in [2.75, 3.05) is 135 Å². The molecule has 6 N–H and O–H groups in total. The Labute approximate surface area is 712 Å². The predicted molar refractivity (Wildman–Crippen MR) is 500 cm³/mol. The van der Waals surface area contributed by atoms with Gasteiger partial charge < -0.3 is 40.0 Å². The summed E-state index contributed by atoms with van der Waals surface area (Å²) in [6.45, 7) is 9.22. The number of aromatic nitrogens is 8. The quantitative estimate of drug-likeness (QED) is 0.0456. The summed E-state index contributed by atoms with van der Waals surface area (Å²) in [5, 5.41) is 56.0. The van der Waals surface area contributed by atoms with Crippen molar-refractivity contribution in [1.82, 2.24) is 45.7 Å². The van der Waals surface area contributed by atoms with E-state index in [0.29, 0.717) is 71.9 Å². The number of nitrogen functional groups attached to an aromatic ring is 1. The predicted octanol–water partition coefficient (Wildman–Crippen LogP) is 16.8. The molecule has 10 aromatic carbocycles. The number of benzene rings is 10. The highest BCUT2D eigenvalue weighted by molar-refractivity contribution is 6.30. The van der Waals surface area contributed by atoms with Crippen molar-refractivity contribution in [1.29, 1.82) is 0 Å². The monoisotopic (exact) mass is 1670 g/mol. The lowest BCUT2D eigenvalue weighted by atomic mass is 9.99. The third kappa shape index (κ3) is 20.3. The number of aromatic amines is 4. The maximum absolute atomic E-state index is 12.0. The summed E-state index contributed by atoms with van der Waals surface area (Å²) in [4.78, 5) is 101. The van der Waals surface area contributed by atoms with Crippen molar-refractivity contribution in [2.24, 2.45) is 4.99 Å². The molecule has 0 bridgehead atoms. The minimum atomic E-state index is -0.424. The number of para-hydroxylation sites is 1. The van der Waals surface area contributed by atoms with Gasteiger partial charge in [0.1, 0.15) is 23.8 Å². The van der Waals surface area contributed by atoms with Crippen molar-refractivity contribution >= 4 is 118 Å². The minimum Gasteiger partial charge on any atom is -0.397 e. The average Bonchev–Trinajstić information content (AvgIpc) is 0.811. The molecule has 0 atom stereocenters. The van der Waals surface area contributed by atoms with E-state index in [9.17, 15) is 44.2 Å². The van der Waals surface area contributed by atoms with Crippen LogP contribution in [0.25, 0.3) is 76.9 Å².